The van der Waals surface area contributed by atoms with Crippen LogP contribution in [0.5, 0.6) is 11.5 Å². The highest BCUT2D eigenvalue weighted by atomic mass is 35.5. The van der Waals surface area contributed by atoms with Crippen molar-refractivity contribution in [2.24, 2.45) is 0 Å². The number of hydrogen-bond acceptors (Lipinski definition) is 6. The lowest BCUT2D eigenvalue weighted by Gasteiger charge is -2.32. The minimum atomic E-state index is -4.42. The number of rotatable bonds is 12. The molecule has 3 aromatic rings. The number of nitrogens with zero attached hydrogens (tertiary/aromatic N) is 2. The van der Waals surface area contributed by atoms with Gasteiger partial charge in [-0.15, -0.1) is 0 Å². The van der Waals surface area contributed by atoms with Crippen LogP contribution in [0.1, 0.15) is 38.2 Å². The van der Waals surface area contributed by atoms with Gasteiger partial charge in [-0.25, -0.2) is 12.8 Å². The number of benzene rings is 3. The molecule has 0 saturated heterocycles. The molecule has 0 aliphatic heterocycles. The van der Waals surface area contributed by atoms with Gasteiger partial charge in [0.25, 0.3) is 10.0 Å². The third kappa shape index (κ3) is 7.75. The highest BCUT2D eigenvalue weighted by Crippen LogP contribution is 2.33. The number of ether oxygens (including phenoxy) is 2. The van der Waals surface area contributed by atoms with E-state index in [9.17, 15) is 22.4 Å². The summed E-state index contributed by atoms with van der Waals surface area (Å²) in [7, 11) is -1.63. The summed E-state index contributed by atoms with van der Waals surface area (Å²) in [5.74, 6) is -1.16. The van der Waals surface area contributed by atoms with E-state index >= 15 is 0 Å². The Morgan fingerprint density at radius 3 is 2.25 bits per heavy atom. The average molecular weight is 667 g/mol. The zero-order valence-electron chi connectivity index (χ0n) is 24.6. The SMILES string of the molecule is COc1ccc(S(=O)(=O)N(CC(=O)N(Cc2ccc(Cl)cc2Cl)[C@@H](C)C(=O)NC2CCCC2)c2ccc(F)cc2)cc1OC. The van der Waals surface area contributed by atoms with Crippen LogP contribution in [0.4, 0.5) is 10.1 Å². The summed E-state index contributed by atoms with van der Waals surface area (Å²) in [6, 6.07) is 12.5. The van der Waals surface area contributed by atoms with E-state index in [2.05, 4.69) is 5.32 Å². The Kier molecular flexibility index (Phi) is 11.0. The highest BCUT2D eigenvalue weighted by molar-refractivity contribution is 7.92. The van der Waals surface area contributed by atoms with Gasteiger partial charge in [0.2, 0.25) is 11.8 Å². The van der Waals surface area contributed by atoms with Gasteiger partial charge in [-0.1, -0.05) is 42.1 Å². The maximum atomic E-state index is 14.1. The summed E-state index contributed by atoms with van der Waals surface area (Å²) in [6.07, 6.45) is 3.70. The van der Waals surface area contributed by atoms with Crippen LogP contribution in [-0.2, 0) is 26.2 Å². The number of halogens is 3. The van der Waals surface area contributed by atoms with E-state index < -0.39 is 34.3 Å². The summed E-state index contributed by atoms with van der Waals surface area (Å²) in [5.41, 5.74) is 0.558. The lowest BCUT2D eigenvalue weighted by Crippen LogP contribution is -2.52. The van der Waals surface area contributed by atoms with Gasteiger partial charge >= 0.3 is 0 Å². The molecule has 0 radical (unpaired) electrons. The van der Waals surface area contributed by atoms with E-state index in [-0.39, 0.29) is 39.8 Å². The maximum Gasteiger partial charge on any atom is 0.264 e. The van der Waals surface area contributed by atoms with Gasteiger partial charge in [-0.3, -0.25) is 13.9 Å². The molecule has 0 unspecified atom stereocenters. The van der Waals surface area contributed by atoms with E-state index in [1.165, 1.54) is 55.5 Å². The zero-order chi connectivity index (χ0) is 32.0. The monoisotopic (exact) mass is 665 g/mol. The van der Waals surface area contributed by atoms with Crippen LogP contribution in [0, 0.1) is 5.82 Å². The molecule has 1 aliphatic rings. The largest absolute Gasteiger partial charge is 0.493 e. The Morgan fingerprint density at radius 2 is 1.64 bits per heavy atom. The number of carbonyl (C=O) groups is 2. The molecule has 44 heavy (non-hydrogen) atoms. The van der Waals surface area contributed by atoms with Gasteiger partial charge in [0, 0.05) is 28.7 Å². The molecular formula is C31H34Cl2FN3O6S. The minimum absolute atomic E-state index is 0.00201. The lowest BCUT2D eigenvalue weighted by molar-refractivity contribution is -0.139. The van der Waals surface area contributed by atoms with Crippen molar-refractivity contribution >= 4 is 50.7 Å². The first kappa shape index (κ1) is 33.4. The highest BCUT2D eigenvalue weighted by Gasteiger charge is 2.34. The second-order valence-electron chi connectivity index (χ2n) is 10.4. The standard InChI is InChI=1S/C31H34Cl2FN3O6S/c1-20(31(39)35-24-6-4-5-7-24)36(18-21-8-9-22(32)16-27(21)33)30(38)19-37(25-12-10-23(34)11-13-25)44(40,41)26-14-15-28(42-2)29(17-26)43-3/h8-17,20,24H,4-7,18-19H2,1-3H3,(H,35,39)/t20-/m0/s1. The summed E-state index contributed by atoms with van der Waals surface area (Å²) >= 11 is 12.5. The molecule has 0 aromatic heterocycles. The molecule has 1 saturated carbocycles. The topological polar surface area (TPSA) is 105 Å². The molecule has 3 aromatic carbocycles. The van der Waals surface area contributed by atoms with Gasteiger partial charge in [-0.2, -0.15) is 0 Å². The fraction of sp³-hybridized carbons (Fsp3) is 0.355. The summed E-state index contributed by atoms with van der Waals surface area (Å²) < 4.78 is 53.4. The molecule has 2 amide bonds. The minimum Gasteiger partial charge on any atom is -0.493 e. The molecule has 13 heteroatoms. The third-order valence-corrected chi connectivity index (χ3v) is 9.92. The van der Waals surface area contributed by atoms with Crippen LogP contribution in [0.25, 0.3) is 0 Å². The average Bonchev–Trinajstić information content (AvgIpc) is 3.52. The second-order valence-corrected chi connectivity index (χ2v) is 13.1. The van der Waals surface area contributed by atoms with Crippen molar-refractivity contribution in [2.45, 2.75) is 56.1 Å². The zero-order valence-corrected chi connectivity index (χ0v) is 26.9. The van der Waals surface area contributed by atoms with E-state index in [4.69, 9.17) is 32.7 Å². The number of carbonyl (C=O) groups excluding carboxylic acids is 2. The molecule has 0 bridgehead atoms. The van der Waals surface area contributed by atoms with Crippen molar-refractivity contribution in [3.63, 3.8) is 0 Å². The Hall–Kier alpha value is -3.54. The number of nitrogens with one attached hydrogen (secondary N) is 1. The van der Waals surface area contributed by atoms with Crippen molar-refractivity contribution in [3.05, 3.63) is 82.1 Å². The summed E-state index contributed by atoms with van der Waals surface area (Å²) in [6.45, 7) is 0.785. The molecule has 236 valence electrons. The van der Waals surface area contributed by atoms with Gasteiger partial charge in [-0.05, 0) is 73.9 Å². The van der Waals surface area contributed by atoms with Crippen molar-refractivity contribution < 1.29 is 31.9 Å². The van der Waals surface area contributed by atoms with Crippen molar-refractivity contribution in [2.75, 3.05) is 25.1 Å². The number of anilines is 1. The quantitative estimate of drug-likeness (QED) is 0.261. The molecule has 9 nitrogen and oxygen atoms in total. The third-order valence-electron chi connectivity index (χ3n) is 7.56. The van der Waals surface area contributed by atoms with E-state index in [1.807, 2.05) is 0 Å². The molecule has 1 atom stereocenters. The van der Waals surface area contributed by atoms with Crippen LogP contribution in [0.3, 0.4) is 0 Å². The van der Waals surface area contributed by atoms with Crippen LogP contribution < -0.4 is 19.1 Å². The molecule has 1 fully saturated rings. The fourth-order valence-electron chi connectivity index (χ4n) is 5.05. The Labute approximate surface area is 266 Å². The second kappa shape index (κ2) is 14.5. The Balaban J connectivity index is 1.73. The van der Waals surface area contributed by atoms with E-state index in [0.29, 0.717) is 16.3 Å². The predicted octanol–water partition coefficient (Wildman–Crippen LogP) is 5.82. The van der Waals surface area contributed by atoms with Crippen LogP contribution >= 0.6 is 23.2 Å². The van der Waals surface area contributed by atoms with Gasteiger partial charge < -0.3 is 19.7 Å². The molecule has 4 rings (SSSR count). The first-order valence-electron chi connectivity index (χ1n) is 14.0. The molecule has 0 heterocycles. The predicted molar refractivity (Wildman–Crippen MR) is 167 cm³/mol. The molecule has 1 N–H and O–H groups in total. The van der Waals surface area contributed by atoms with Gasteiger partial charge in [0.05, 0.1) is 24.8 Å². The number of methoxy groups -OCH3 is 2. The Bertz CT molecular complexity index is 1600. The summed E-state index contributed by atoms with van der Waals surface area (Å²) in [5, 5.41) is 3.69. The van der Waals surface area contributed by atoms with E-state index in [1.54, 1.807) is 19.1 Å². The first-order valence-corrected chi connectivity index (χ1v) is 16.2. The fourth-order valence-corrected chi connectivity index (χ4v) is 6.95. The van der Waals surface area contributed by atoms with Crippen molar-refractivity contribution in [3.8, 4) is 11.5 Å². The van der Waals surface area contributed by atoms with Crippen LogP contribution in [-0.4, -0.2) is 58.0 Å². The van der Waals surface area contributed by atoms with Crippen molar-refractivity contribution in [1.29, 1.82) is 0 Å². The summed E-state index contributed by atoms with van der Waals surface area (Å²) in [4.78, 5) is 28.6. The van der Waals surface area contributed by atoms with Gasteiger partial charge in [0.1, 0.15) is 18.4 Å². The first-order chi connectivity index (χ1) is 20.9. The molecule has 0 spiro atoms. The van der Waals surface area contributed by atoms with Gasteiger partial charge in [0.15, 0.2) is 11.5 Å². The number of amides is 2. The smallest absolute Gasteiger partial charge is 0.264 e. The number of hydrogen-bond donors (Lipinski definition) is 1. The lowest BCUT2D eigenvalue weighted by atomic mass is 10.1. The van der Waals surface area contributed by atoms with Crippen molar-refractivity contribution in [1.82, 2.24) is 10.2 Å². The molecular weight excluding hydrogens is 632 g/mol. The maximum absolute atomic E-state index is 14.1. The van der Waals surface area contributed by atoms with E-state index in [0.717, 1.165) is 42.1 Å². The van der Waals surface area contributed by atoms with Crippen LogP contribution in [0.15, 0.2) is 65.6 Å². The molecule has 1 aliphatic carbocycles. The normalized spacial score (nSPS) is 14.1. The number of sulfonamides is 1. The van der Waals surface area contributed by atoms with Crippen LogP contribution in [0.2, 0.25) is 10.0 Å². The Morgan fingerprint density at radius 1 is 0.977 bits per heavy atom.